The molecule has 0 aromatic heterocycles. The van der Waals surface area contributed by atoms with Crippen LogP contribution >= 0.6 is 0 Å². The van der Waals surface area contributed by atoms with Crippen LogP contribution in [-0.2, 0) is 23.8 Å². The predicted molar refractivity (Wildman–Crippen MR) is 115 cm³/mol. The highest BCUT2D eigenvalue weighted by Gasteiger charge is 2.67. The SMILES string of the molecule is CC(=O)O[C@H]1[C@H](C)[C@@H](O)[C@H]2[C@H]1C=C(C)[C@@H]1C[C@@H]3[C@@H](C4=C5O[C@]3(C)CC[C@H](OC4=O)[C@H]5C)[C@H]21. The summed E-state index contributed by atoms with van der Waals surface area (Å²) in [6, 6.07) is 0. The molecule has 3 bridgehead atoms. The zero-order valence-corrected chi connectivity index (χ0v) is 19.5. The maximum absolute atomic E-state index is 13.3. The molecular formula is C26H34O6. The number of hydrogen-bond acceptors (Lipinski definition) is 6. The minimum Gasteiger partial charge on any atom is -0.491 e. The van der Waals surface area contributed by atoms with Gasteiger partial charge >= 0.3 is 11.9 Å². The molecule has 3 aliphatic heterocycles. The zero-order chi connectivity index (χ0) is 22.7. The molecule has 0 spiro atoms. The molecule has 3 aliphatic carbocycles. The standard InChI is InChI=1S/C26H34O6/c1-10-8-15-19(22(28)12(3)23(15)30-13(4)27)18-14(10)9-16-20(18)21-24-11(2)17(31-25(21)29)6-7-26(16,5)32-24/h8,11-12,14-20,22-23,28H,6-7,9H2,1-5H3/t11-,12-,14+,15-,16-,17+,18+,19+,20-,22-,23+,26-/m1/s1. The van der Waals surface area contributed by atoms with Crippen LogP contribution in [0.3, 0.4) is 0 Å². The monoisotopic (exact) mass is 442 g/mol. The summed E-state index contributed by atoms with van der Waals surface area (Å²) in [5.74, 6) is 0.800. The highest BCUT2D eigenvalue weighted by Crippen LogP contribution is 2.66. The average molecular weight is 443 g/mol. The van der Waals surface area contributed by atoms with Gasteiger partial charge in [-0.15, -0.1) is 0 Å². The lowest BCUT2D eigenvalue weighted by Crippen LogP contribution is -2.49. The Labute approximate surface area is 189 Å². The first-order valence-corrected chi connectivity index (χ1v) is 12.3. The lowest BCUT2D eigenvalue weighted by Gasteiger charge is -2.48. The number of carbonyl (C=O) groups is 2. The molecule has 32 heavy (non-hydrogen) atoms. The molecule has 2 saturated carbocycles. The van der Waals surface area contributed by atoms with Gasteiger partial charge in [0, 0.05) is 30.6 Å². The molecule has 0 unspecified atom stereocenters. The van der Waals surface area contributed by atoms with Gasteiger partial charge in [-0.2, -0.15) is 0 Å². The topological polar surface area (TPSA) is 82.1 Å². The molecule has 174 valence electrons. The summed E-state index contributed by atoms with van der Waals surface area (Å²) in [5, 5.41) is 11.4. The molecule has 3 fully saturated rings. The maximum atomic E-state index is 13.3. The molecule has 3 heterocycles. The van der Waals surface area contributed by atoms with E-state index < -0.39 is 6.10 Å². The molecule has 6 nitrogen and oxygen atoms in total. The van der Waals surface area contributed by atoms with E-state index in [9.17, 15) is 14.7 Å². The fourth-order valence-electron chi connectivity index (χ4n) is 8.52. The first-order chi connectivity index (χ1) is 15.1. The van der Waals surface area contributed by atoms with Crippen molar-refractivity contribution in [2.75, 3.05) is 0 Å². The van der Waals surface area contributed by atoms with Gasteiger partial charge in [0.25, 0.3) is 0 Å². The summed E-state index contributed by atoms with van der Waals surface area (Å²) < 4.78 is 18.4. The van der Waals surface area contributed by atoms with Crippen LogP contribution in [0.1, 0.15) is 53.9 Å². The van der Waals surface area contributed by atoms with Gasteiger partial charge in [0.05, 0.1) is 17.6 Å². The molecule has 1 saturated heterocycles. The molecule has 0 amide bonds. The predicted octanol–water partition coefficient (Wildman–Crippen LogP) is 3.39. The van der Waals surface area contributed by atoms with Crippen molar-refractivity contribution in [2.24, 2.45) is 47.3 Å². The van der Waals surface area contributed by atoms with Crippen molar-refractivity contribution in [2.45, 2.75) is 77.8 Å². The molecule has 6 heteroatoms. The Balaban J connectivity index is 1.50. The Morgan fingerprint density at radius 2 is 2.03 bits per heavy atom. The summed E-state index contributed by atoms with van der Waals surface area (Å²) >= 11 is 0. The van der Waals surface area contributed by atoms with Crippen molar-refractivity contribution >= 4 is 11.9 Å². The second-order valence-corrected chi connectivity index (χ2v) is 11.5. The highest BCUT2D eigenvalue weighted by atomic mass is 16.6. The molecule has 0 radical (unpaired) electrons. The fourth-order valence-corrected chi connectivity index (χ4v) is 8.52. The van der Waals surface area contributed by atoms with Crippen molar-refractivity contribution in [3.8, 4) is 0 Å². The Morgan fingerprint density at radius 1 is 1.28 bits per heavy atom. The van der Waals surface area contributed by atoms with Gasteiger partial charge in [0.15, 0.2) is 0 Å². The number of carbonyl (C=O) groups excluding carboxylic acids is 2. The number of allylic oxidation sites excluding steroid dienone is 1. The number of ether oxygens (including phenoxy) is 3. The quantitative estimate of drug-likeness (QED) is 0.495. The largest absolute Gasteiger partial charge is 0.491 e. The number of aliphatic hydroxyl groups excluding tert-OH is 1. The smallest absolute Gasteiger partial charge is 0.338 e. The maximum Gasteiger partial charge on any atom is 0.338 e. The highest BCUT2D eigenvalue weighted by molar-refractivity contribution is 5.91. The van der Waals surface area contributed by atoms with Crippen LogP contribution in [0.5, 0.6) is 0 Å². The Bertz CT molecular complexity index is 950. The number of hydrogen-bond donors (Lipinski definition) is 1. The third kappa shape index (κ3) is 2.50. The van der Waals surface area contributed by atoms with Crippen LogP contribution in [-0.4, -0.2) is 41.0 Å². The van der Waals surface area contributed by atoms with Gasteiger partial charge in [-0.3, -0.25) is 4.79 Å². The van der Waals surface area contributed by atoms with Crippen molar-refractivity contribution < 1.29 is 28.9 Å². The molecule has 0 aromatic rings. The molecular weight excluding hydrogens is 408 g/mol. The lowest BCUT2D eigenvalue weighted by molar-refractivity contribution is -0.154. The zero-order valence-electron chi connectivity index (χ0n) is 19.5. The molecule has 6 rings (SSSR count). The fraction of sp³-hybridized carbons (Fsp3) is 0.769. The lowest BCUT2D eigenvalue weighted by atomic mass is 9.63. The van der Waals surface area contributed by atoms with Crippen molar-refractivity contribution in [3.05, 3.63) is 23.0 Å². The van der Waals surface area contributed by atoms with Gasteiger partial charge in [-0.05, 0) is 50.9 Å². The number of aliphatic hydroxyl groups is 1. The number of rotatable bonds is 1. The minimum atomic E-state index is -0.576. The van der Waals surface area contributed by atoms with Gasteiger partial charge in [0.2, 0.25) is 0 Å². The van der Waals surface area contributed by atoms with Crippen LogP contribution in [0.25, 0.3) is 0 Å². The normalized spacial score (nSPS) is 52.9. The van der Waals surface area contributed by atoms with E-state index in [1.54, 1.807) is 0 Å². The van der Waals surface area contributed by atoms with E-state index in [4.69, 9.17) is 14.2 Å². The molecule has 0 aromatic carbocycles. The first kappa shape index (κ1) is 20.8. The van der Waals surface area contributed by atoms with Crippen LogP contribution < -0.4 is 0 Å². The summed E-state index contributed by atoms with van der Waals surface area (Å²) in [4.78, 5) is 25.2. The Morgan fingerprint density at radius 3 is 2.75 bits per heavy atom. The Kier molecular flexibility index (Phi) is 4.29. The van der Waals surface area contributed by atoms with E-state index in [0.717, 1.165) is 30.6 Å². The average Bonchev–Trinajstić information content (AvgIpc) is 3.22. The van der Waals surface area contributed by atoms with E-state index in [0.29, 0.717) is 5.92 Å². The van der Waals surface area contributed by atoms with E-state index in [1.165, 1.54) is 12.5 Å². The molecule has 1 N–H and O–H groups in total. The summed E-state index contributed by atoms with van der Waals surface area (Å²) in [6.45, 7) is 9.92. The van der Waals surface area contributed by atoms with E-state index >= 15 is 0 Å². The third-order valence-corrected chi connectivity index (χ3v) is 9.98. The second kappa shape index (κ2) is 6.62. The van der Waals surface area contributed by atoms with Crippen LogP contribution in [0, 0.1) is 47.3 Å². The van der Waals surface area contributed by atoms with Gasteiger partial charge in [-0.25, -0.2) is 4.79 Å². The van der Waals surface area contributed by atoms with Crippen LogP contribution in [0.4, 0.5) is 0 Å². The van der Waals surface area contributed by atoms with Crippen LogP contribution in [0.15, 0.2) is 23.0 Å². The summed E-state index contributed by atoms with van der Waals surface area (Å²) in [7, 11) is 0. The van der Waals surface area contributed by atoms with Crippen molar-refractivity contribution in [1.29, 1.82) is 0 Å². The first-order valence-electron chi connectivity index (χ1n) is 12.3. The van der Waals surface area contributed by atoms with E-state index in [2.05, 4.69) is 26.8 Å². The molecule has 6 aliphatic rings. The number of fused-ring (bicyclic) bond motifs is 9. The minimum absolute atomic E-state index is 0.0110. The van der Waals surface area contributed by atoms with Crippen LogP contribution in [0.2, 0.25) is 0 Å². The van der Waals surface area contributed by atoms with Gasteiger partial charge in [0.1, 0.15) is 23.6 Å². The van der Waals surface area contributed by atoms with E-state index in [1.807, 2.05) is 6.92 Å². The van der Waals surface area contributed by atoms with E-state index in [-0.39, 0.29) is 71.2 Å². The van der Waals surface area contributed by atoms with Crippen molar-refractivity contribution in [3.63, 3.8) is 0 Å². The van der Waals surface area contributed by atoms with Gasteiger partial charge in [-0.1, -0.05) is 25.5 Å². The second-order valence-electron chi connectivity index (χ2n) is 11.5. The molecule has 12 atom stereocenters. The number of esters is 2. The van der Waals surface area contributed by atoms with Crippen molar-refractivity contribution in [1.82, 2.24) is 0 Å². The summed E-state index contributed by atoms with van der Waals surface area (Å²) in [5.41, 5.74) is 1.70. The Hall–Kier alpha value is -1.82. The third-order valence-electron chi connectivity index (χ3n) is 9.98. The van der Waals surface area contributed by atoms with Gasteiger partial charge < -0.3 is 19.3 Å². The summed E-state index contributed by atoms with van der Waals surface area (Å²) in [6.07, 6.45) is 3.89.